The summed E-state index contributed by atoms with van der Waals surface area (Å²) in [5, 5.41) is 0.574. The van der Waals surface area contributed by atoms with Crippen molar-refractivity contribution >= 4 is 29.4 Å². The molecule has 2 aliphatic rings. The molecule has 0 saturated carbocycles. The Morgan fingerprint density at radius 2 is 1.63 bits per heavy atom. The summed E-state index contributed by atoms with van der Waals surface area (Å²) in [4.78, 5) is 44.6. The van der Waals surface area contributed by atoms with Crippen molar-refractivity contribution in [1.82, 2.24) is 19.6 Å². The number of hydrogen-bond acceptors (Lipinski definition) is 3. The molecular formula is C19H25ClN4O3. The topological polar surface area (TPSA) is 64.2 Å². The maximum absolute atomic E-state index is 13.0. The molecule has 2 fully saturated rings. The number of hydrogen-bond donors (Lipinski definition) is 0. The number of carbonyl (C=O) groups excluding carboxylic acids is 3. The highest BCUT2D eigenvalue weighted by Gasteiger charge is 2.47. The summed E-state index contributed by atoms with van der Waals surface area (Å²) in [6, 6.07) is 6.69. The van der Waals surface area contributed by atoms with E-state index in [1.54, 1.807) is 60.1 Å². The Labute approximate surface area is 164 Å². The third-order valence-electron chi connectivity index (χ3n) is 5.25. The fourth-order valence-corrected chi connectivity index (χ4v) is 4.09. The van der Waals surface area contributed by atoms with E-state index in [4.69, 9.17) is 11.6 Å². The van der Waals surface area contributed by atoms with Gasteiger partial charge in [0, 0.05) is 76.3 Å². The smallest absolute Gasteiger partial charge is 0.319 e. The molecule has 27 heavy (non-hydrogen) atoms. The predicted molar refractivity (Wildman–Crippen MR) is 103 cm³/mol. The van der Waals surface area contributed by atoms with Crippen LogP contribution in [0.25, 0.3) is 0 Å². The van der Waals surface area contributed by atoms with Gasteiger partial charge in [-0.05, 0) is 24.3 Å². The number of urea groups is 1. The highest BCUT2D eigenvalue weighted by atomic mass is 35.5. The summed E-state index contributed by atoms with van der Waals surface area (Å²) in [6.07, 6.45) is 0.338. The monoisotopic (exact) mass is 392 g/mol. The van der Waals surface area contributed by atoms with Crippen LogP contribution in [0.2, 0.25) is 5.02 Å². The van der Waals surface area contributed by atoms with Crippen LogP contribution in [-0.2, 0) is 4.79 Å². The zero-order chi connectivity index (χ0) is 19.8. The Morgan fingerprint density at radius 3 is 2.19 bits per heavy atom. The second kappa shape index (κ2) is 7.38. The molecule has 0 aromatic heterocycles. The molecule has 0 N–H and O–H groups in total. The number of benzene rings is 1. The summed E-state index contributed by atoms with van der Waals surface area (Å²) < 4.78 is 0. The lowest BCUT2D eigenvalue weighted by Gasteiger charge is -2.34. The first kappa shape index (κ1) is 19.5. The third-order valence-corrected chi connectivity index (χ3v) is 5.50. The van der Waals surface area contributed by atoms with Crippen LogP contribution in [0, 0.1) is 5.41 Å². The average molecular weight is 393 g/mol. The van der Waals surface area contributed by atoms with E-state index in [1.165, 1.54) is 4.90 Å². The minimum atomic E-state index is -0.448. The van der Waals surface area contributed by atoms with Gasteiger partial charge in [-0.2, -0.15) is 0 Å². The van der Waals surface area contributed by atoms with Gasteiger partial charge in [-0.15, -0.1) is 0 Å². The molecule has 1 aromatic rings. The number of halogens is 1. The minimum Gasteiger partial charge on any atom is -0.345 e. The molecule has 1 aromatic carbocycles. The largest absolute Gasteiger partial charge is 0.345 e. The Kier molecular flexibility index (Phi) is 5.33. The lowest BCUT2D eigenvalue weighted by atomic mass is 9.86. The molecule has 2 saturated heterocycles. The first-order chi connectivity index (χ1) is 12.7. The van der Waals surface area contributed by atoms with E-state index in [1.807, 2.05) is 0 Å². The lowest BCUT2D eigenvalue weighted by molar-refractivity contribution is -0.126. The SMILES string of the molecule is CN(C)C(=O)N1CCN(C(=O)c2ccc(Cl)cc2)CC2(CC(=O)N(C)C2)C1. The second-order valence-corrected chi connectivity index (χ2v) is 8.20. The van der Waals surface area contributed by atoms with Crippen molar-refractivity contribution in [3.8, 4) is 0 Å². The van der Waals surface area contributed by atoms with Gasteiger partial charge in [0.25, 0.3) is 5.91 Å². The zero-order valence-electron chi connectivity index (χ0n) is 15.9. The fraction of sp³-hybridized carbons (Fsp3) is 0.526. The number of nitrogens with zero attached hydrogens (tertiary/aromatic N) is 4. The average Bonchev–Trinajstić information content (AvgIpc) is 2.79. The van der Waals surface area contributed by atoms with Gasteiger partial charge >= 0.3 is 6.03 Å². The van der Waals surface area contributed by atoms with Crippen LogP contribution in [0.4, 0.5) is 4.79 Å². The van der Waals surface area contributed by atoms with E-state index in [2.05, 4.69) is 0 Å². The van der Waals surface area contributed by atoms with Crippen LogP contribution in [0.1, 0.15) is 16.8 Å². The van der Waals surface area contributed by atoms with Crippen LogP contribution in [-0.4, -0.2) is 91.3 Å². The molecule has 2 aliphatic heterocycles. The van der Waals surface area contributed by atoms with Crippen LogP contribution >= 0.6 is 11.6 Å². The first-order valence-corrected chi connectivity index (χ1v) is 9.34. The Balaban J connectivity index is 1.88. The Bertz CT molecular complexity index is 752. The summed E-state index contributed by atoms with van der Waals surface area (Å²) in [5.74, 6) is -0.0553. The molecule has 0 radical (unpaired) electrons. The molecule has 0 bridgehead atoms. The summed E-state index contributed by atoms with van der Waals surface area (Å²) >= 11 is 5.93. The van der Waals surface area contributed by atoms with Gasteiger partial charge in [0.15, 0.2) is 0 Å². The second-order valence-electron chi connectivity index (χ2n) is 7.76. The zero-order valence-corrected chi connectivity index (χ0v) is 16.7. The van der Waals surface area contributed by atoms with Gasteiger partial charge in [-0.3, -0.25) is 9.59 Å². The molecule has 1 unspecified atom stereocenters. The van der Waals surface area contributed by atoms with Crippen molar-refractivity contribution in [2.45, 2.75) is 6.42 Å². The molecule has 146 valence electrons. The molecule has 1 spiro atoms. The maximum atomic E-state index is 13.0. The molecule has 2 heterocycles. The van der Waals surface area contributed by atoms with Crippen LogP contribution in [0.3, 0.4) is 0 Å². The standard InChI is InChI=1S/C19H25ClN4O3/c1-21(2)18(27)24-9-8-23(17(26)14-4-6-15(20)7-5-14)12-19(13-24)10-16(25)22(3)11-19/h4-7H,8-13H2,1-3H3. The summed E-state index contributed by atoms with van der Waals surface area (Å²) in [5.41, 5.74) is 0.107. The van der Waals surface area contributed by atoms with E-state index >= 15 is 0 Å². The van der Waals surface area contributed by atoms with Crippen LogP contribution < -0.4 is 0 Å². The van der Waals surface area contributed by atoms with Crippen molar-refractivity contribution < 1.29 is 14.4 Å². The van der Waals surface area contributed by atoms with Crippen molar-refractivity contribution in [2.24, 2.45) is 5.41 Å². The van der Waals surface area contributed by atoms with Crippen molar-refractivity contribution in [2.75, 3.05) is 53.9 Å². The van der Waals surface area contributed by atoms with E-state index < -0.39 is 5.41 Å². The van der Waals surface area contributed by atoms with Gasteiger partial charge in [0.05, 0.1) is 0 Å². The molecule has 3 rings (SSSR count). The van der Waals surface area contributed by atoms with E-state index in [9.17, 15) is 14.4 Å². The predicted octanol–water partition coefficient (Wildman–Crippen LogP) is 1.63. The van der Waals surface area contributed by atoms with Crippen LogP contribution in [0.5, 0.6) is 0 Å². The summed E-state index contributed by atoms with van der Waals surface area (Å²) in [7, 11) is 5.19. The molecular weight excluding hydrogens is 368 g/mol. The number of carbonyl (C=O) groups is 3. The van der Waals surface area contributed by atoms with Crippen molar-refractivity contribution in [3.63, 3.8) is 0 Å². The number of likely N-dealkylation sites (tertiary alicyclic amines) is 1. The third kappa shape index (κ3) is 4.03. The van der Waals surface area contributed by atoms with Crippen molar-refractivity contribution in [3.05, 3.63) is 34.9 Å². The normalized spacial score (nSPS) is 23.0. The molecule has 8 heteroatoms. The van der Waals surface area contributed by atoms with Gasteiger partial charge in [0.1, 0.15) is 0 Å². The van der Waals surface area contributed by atoms with Gasteiger partial charge in [-0.25, -0.2) is 4.79 Å². The highest BCUT2D eigenvalue weighted by Crippen LogP contribution is 2.35. The number of amides is 4. The Hall–Kier alpha value is -2.28. The molecule has 0 aliphatic carbocycles. The van der Waals surface area contributed by atoms with Gasteiger partial charge in [-0.1, -0.05) is 11.6 Å². The minimum absolute atomic E-state index is 0.0491. The van der Waals surface area contributed by atoms with Gasteiger partial charge in [0.2, 0.25) is 5.91 Å². The molecule has 4 amide bonds. The van der Waals surface area contributed by atoms with Crippen LogP contribution in [0.15, 0.2) is 24.3 Å². The van der Waals surface area contributed by atoms with E-state index in [0.717, 1.165) is 0 Å². The first-order valence-electron chi connectivity index (χ1n) is 8.96. The van der Waals surface area contributed by atoms with E-state index in [-0.39, 0.29) is 17.8 Å². The molecule has 1 atom stereocenters. The number of rotatable bonds is 1. The quantitative estimate of drug-likeness (QED) is 0.729. The Morgan fingerprint density at radius 1 is 1.04 bits per heavy atom. The fourth-order valence-electron chi connectivity index (χ4n) is 3.97. The molecule has 7 nitrogen and oxygen atoms in total. The van der Waals surface area contributed by atoms with E-state index in [0.29, 0.717) is 49.7 Å². The highest BCUT2D eigenvalue weighted by molar-refractivity contribution is 6.30. The van der Waals surface area contributed by atoms with Gasteiger partial charge < -0.3 is 19.6 Å². The summed E-state index contributed by atoms with van der Waals surface area (Å²) in [6.45, 7) is 2.32. The van der Waals surface area contributed by atoms with Crippen molar-refractivity contribution in [1.29, 1.82) is 0 Å². The maximum Gasteiger partial charge on any atom is 0.319 e. The lowest BCUT2D eigenvalue weighted by Crippen LogP contribution is -2.47.